The fourth-order valence-corrected chi connectivity index (χ4v) is 3.51. The molecule has 31 heavy (non-hydrogen) atoms. The largest absolute Gasteiger partial charge is 0.289 e. The second kappa shape index (κ2) is 10.0. The number of nitrogens with zero attached hydrogens (tertiary/aromatic N) is 3. The molecule has 0 fully saturated rings. The average Bonchev–Trinajstić information content (AvgIpc) is 3.24. The van der Waals surface area contributed by atoms with E-state index in [1.807, 2.05) is 95.8 Å². The second-order valence-electron chi connectivity index (χ2n) is 7.34. The smallest absolute Gasteiger partial charge is 0.185 e. The summed E-state index contributed by atoms with van der Waals surface area (Å²) in [5.41, 5.74) is 4.88. The molecule has 0 N–H and O–H groups in total. The molecule has 0 amide bonds. The summed E-state index contributed by atoms with van der Waals surface area (Å²) in [6.45, 7) is 0.640. The van der Waals surface area contributed by atoms with Crippen molar-refractivity contribution in [1.82, 2.24) is 15.0 Å². The predicted octanol–water partition coefficient (Wildman–Crippen LogP) is 5.66. The van der Waals surface area contributed by atoms with E-state index in [2.05, 4.69) is 10.3 Å². The van der Waals surface area contributed by atoms with Crippen LogP contribution < -0.4 is 0 Å². The maximum absolute atomic E-state index is 12.4. The highest BCUT2D eigenvalue weighted by molar-refractivity contribution is 6.30. The second-order valence-corrected chi connectivity index (χ2v) is 7.78. The third-order valence-electron chi connectivity index (χ3n) is 4.95. The molecule has 0 unspecified atom stereocenters. The molecule has 4 nitrogen and oxygen atoms in total. The monoisotopic (exact) mass is 427 g/mol. The van der Waals surface area contributed by atoms with Gasteiger partial charge in [0.2, 0.25) is 0 Å². The van der Waals surface area contributed by atoms with E-state index in [0.29, 0.717) is 12.1 Å². The molecule has 0 spiro atoms. The van der Waals surface area contributed by atoms with Gasteiger partial charge in [0.25, 0.3) is 0 Å². The van der Waals surface area contributed by atoms with Gasteiger partial charge in [-0.2, -0.15) is 0 Å². The lowest BCUT2D eigenvalue weighted by Gasteiger charge is -2.02. The number of ketones is 1. The number of benzene rings is 3. The van der Waals surface area contributed by atoms with E-state index in [9.17, 15) is 4.79 Å². The molecule has 4 aromatic rings. The predicted molar refractivity (Wildman–Crippen MR) is 124 cm³/mol. The van der Waals surface area contributed by atoms with Crippen LogP contribution in [0.15, 0.2) is 91.1 Å². The SMILES string of the molecule is O=C(/C=C/c1ccccc1)c1ccc(CCc2cn(Cc3cccc(Cl)c3)nn2)cc1. The summed E-state index contributed by atoms with van der Waals surface area (Å²) >= 11 is 6.04. The Labute approximate surface area is 186 Å². The van der Waals surface area contributed by atoms with E-state index in [4.69, 9.17) is 11.6 Å². The van der Waals surface area contributed by atoms with E-state index in [-0.39, 0.29) is 5.78 Å². The maximum Gasteiger partial charge on any atom is 0.185 e. The lowest BCUT2D eigenvalue weighted by atomic mass is 10.0. The average molecular weight is 428 g/mol. The molecule has 0 atom stereocenters. The Morgan fingerprint density at radius 1 is 0.903 bits per heavy atom. The molecular weight excluding hydrogens is 406 g/mol. The van der Waals surface area contributed by atoms with Crippen LogP contribution in [0, 0.1) is 0 Å². The highest BCUT2D eigenvalue weighted by atomic mass is 35.5. The first kappa shape index (κ1) is 20.8. The van der Waals surface area contributed by atoms with Gasteiger partial charge in [-0.15, -0.1) is 5.10 Å². The molecule has 154 valence electrons. The molecule has 0 bridgehead atoms. The van der Waals surface area contributed by atoms with Crippen LogP contribution in [0.25, 0.3) is 6.08 Å². The summed E-state index contributed by atoms with van der Waals surface area (Å²) < 4.78 is 1.82. The minimum atomic E-state index is -0.000591. The summed E-state index contributed by atoms with van der Waals surface area (Å²) in [6, 6.07) is 25.3. The number of hydrogen-bond acceptors (Lipinski definition) is 3. The van der Waals surface area contributed by atoms with Crippen molar-refractivity contribution in [2.75, 3.05) is 0 Å². The van der Waals surface area contributed by atoms with Crippen LogP contribution in [0.5, 0.6) is 0 Å². The summed E-state index contributed by atoms with van der Waals surface area (Å²) in [5.74, 6) is -0.000591. The fourth-order valence-electron chi connectivity index (χ4n) is 3.29. The molecule has 0 saturated heterocycles. The van der Waals surface area contributed by atoms with E-state index >= 15 is 0 Å². The molecule has 0 aliphatic carbocycles. The zero-order valence-electron chi connectivity index (χ0n) is 17.0. The summed E-state index contributed by atoms with van der Waals surface area (Å²) in [4.78, 5) is 12.4. The normalized spacial score (nSPS) is 11.1. The molecule has 3 aromatic carbocycles. The van der Waals surface area contributed by atoms with Gasteiger partial charge < -0.3 is 0 Å². The minimum absolute atomic E-state index is 0.000591. The van der Waals surface area contributed by atoms with Gasteiger partial charge in [0.05, 0.1) is 12.2 Å². The highest BCUT2D eigenvalue weighted by Crippen LogP contribution is 2.13. The molecule has 0 aliphatic rings. The number of aryl methyl sites for hydroxylation is 2. The van der Waals surface area contributed by atoms with Crippen LogP contribution in [-0.2, 0) is 19.4 Å². The van der Waals surface area contributed by atoms with Crippen molar-refractivity contribution in [2.45, 2.75) is 19.4 Å². The van der Waals surface area contributed by atoms with Gasteiger partial charge in [-0.1, -0.05) is 89.6 Å². The van der Waals surface area contributed by atoms with E-state index in [1.165, 1.54) is 0 Å². The molecule has 0 saturated carbocycles. The molecule has 1 heterocycles. The topological polar surface area (TPSA) is 47.8 Å². The molecule has 0 radical (unpaired) electrons. The zero-order chi connectivity index (χ0) is 21.5. The number of allylic oxidation sites excluding steroid dienone is 1. The summed E-state index contributed by atoms with van der Waals surface area (Å²) in [6.07, 6.45) is 7.04. The Morgan fingerprint density at radius 3 is 2.48 bits per heavy atom. The van der Waals surface area contributed by atoms with Crippen molar-refractivity contribution in [2.24, 2.45) is 0 Å². The standard InChI is InChI=1S/C26H22ClN3O/c27-24-8-4-7-22(17-24)18-30-19-25(28-29-30)15-11-21-9-13-23(14-10-21)26(31)16-12-20-5-2-1-3-6-20/h1-10,12-14,16-17,19H,11,15,18H2/b16-12+. The Balaban J connectivity index is 1.31. The first-order valence-corrected chi connectivity index (χ1v) is 10.5. The molecule has 4 rings (SSSR count). The third-order valence-corrected chi connectivity index (χ3v) is 5.19. The zero-order valence-corrected chi connectivity index (χ0v) is 17.7. The van der Waals surface area contributed by atoms with Gasteiger partial charge in [-0.3, -0.25) is 4.79 Å². The van der Waals surface area contributed by atoms with Gasteiger partial charge in [-0.25, -0.2) is 4.68 Å². The van der Waals surface area contributed by atoms with Gasteiger partial charge >= 0.3 is 0 Å². The van der Waals surface area contributed by atoms with Crippen LogP contribution in [0.3, 0.4) is 0 Å². The van der Waals surface area contributed by atoms with Crippen molar-refractivity contribution >= 4 is 23.5 Å². The first-order valence-electron chi connectivity index (χ1n) is 10.2. The lowest BCUT2D eigenvalue weighted by molar-refractivity contribution is 0.104. The van der Waals surface area contributed by atoms with Crippen LogP contribution >= 0.6 is 11.6 Å². The number of carbonyl (C=O) groups excluding carboxylic acids is 1. The van der Waals surface area contributed by atoms with Crippen LogP contribution in [0.4, 0.5) is 0 Å². The minimum Gasteiger partial charge on any atom is -0.289 e. The van der Waals surface area contributed by atoms with Gasteiger partial charge in [0.1, 0.15) is 0 Å². The Morgan fingerprint density at radius 2 is 1.71 bits per heavy atom. The van der Waals surface area contributed by atoms with E-state index in [1.54, 1.807) is 6.08 Å². The van der Waals surface area contributed by atoms with Crippen LogP contribution in [0.2, 0.25) is 5.02 Å². The maximum atomic E-state index is 12.4. The Hall–Kier alpha value is -3.50. The van der Waals surface area contributed by atoms with E-state index in [0.717, 1.165) is 40.2 Å². The Bertz CT molecular complexity index is 1180. The molecular formula is C26H22ClN3O. The van der Waals surface area contributed by atoms with Gasteiger partial charge in [0, 0.05) is 16.8 Å². The number of rotatable bonds is 8. The summed E-state index contributed by atoms with van der Waals surface area (Å²) in [5, 5.41) is 9.19. The van der Waals surface area contributed by atoms with Crippen LogP contribution in [0.1, 0.15) is 32.7 Å². The Kier molecular flexibility index (Phi) is 6.70. The van der Waals surface area contributed by atoms with Crippen molar-refractivity contribution < 1.29 is 4.79 Å². The fraction of sp³-hybridized carbons (Fsp3) is 0.115. The van der Waals surface area contributed by atoms with Crippen LogP contribution in [-0.4, -0.2) is 20.8 Å². The highest BCUT2D eigenvalue weighted by Gasteiger charge is 2.05. The molecule has 1 aromatic heterocycles. The lowest BCUT2D eigenvalue weighted by Crippen LogP contribution is -2.00. The molecule has 0 aliphatic heterocycles. The van der Waals surface area contributed by atoms with Crippen molar-refractivity contribution in [3.8, 4) is 0 Å². The summed E-state index contributed by atoms with van der Waals surface area (Å²) in [7, 11) is 0. The van der Waals surface area contributed by atoms with E-state index < -0.39 is 0 Å². The van der Waals surface area contributed by atoms with Gasteiger partial charge in [0.15, 0.2) is 5.78 Å². The quantitative estimate of drug-likeness (QED) is 0.269. The van der Waals surface area contributed by atoms with Crippen molar-refractivity contribution in [1.29, 1.82) is 0 Å². The number of halogens is 1. The molecule has 5 heteroatoms. The number of hydrogen-bond donors (Lipinski definition) is 0. The van der Waals surface area contributed by atoms with Gasteiger partial charge in [-0.05, 0) is 47.7 Å². The third kappa shape index (κ3) is 6.00. The van der Waals surface area contributed by atoms with Crippen molar-refractivity contribution in [3.05, 3.63) is 124 Å². The first-order chi connectivity index (χ1) is 15.2. The van der Waals surface area contributed by atoms with Crippen molar-refractivity contribution in [3.63, 3.8) is 0 Å². The number of carbonyl (C=O) groups is 1. The number of aromatic nitrogens is 3.